The van der Waals surface area contributed by atoms with Gasteiger partial charge in [-0.1, -0.05) is 6.92 Å². The Hall–Kier alpha value is -0.410. The zero-order valence-corrected chi connectivity index (χ0v) is 8.53. The van der Waals surface area contributed by atoms with Gasteiger partial charge in [0.1, 0.15) is 5.67 Å². The van der Waals surface area contributed by atoms with Crippen molar-refractivity contribution in [2.24, 2.45) is 5.92 Å². The van der Waals surface area contributed by atoms with E-state index in [9.17, 15) is 4.39 Å². The van der Waals surface area contributed by atoms with Gasteiger partial charge in [-0.05, 0) is 35.7 Å². The third-order valence-corrected chi connectivity index (χ3v) is 3.29. The van der Waals surface area contributed by atoms with E-state index in [1.54, 1.807) is 11.3 Å². The molecule has 0 aliphatic carbocycles. The van der Waals surface area contributed by atoms with E-state index in [4.69, 9.17) is 0 Å². The van der Waals surface area contributed by atoms with Crippen LogP contribution in [0.15, 0.2) is 16.8 Å². The topological polar surface area (TPSA) is 12.0 Å². The van der Waals surface area contributed by atoms with Crippen LogP contribution < -0.4 is 5.32 Å². The van der Waals surface area contributed by atoms with Gasteiger partial charge in [0.15, 0.2) is 0 Å². The molecule has 0 aromatic carbocycles. The number of thiophene rings is 1. The highest BCUT2D eigenvalue weighted by molar-refractivity contribution is 7.08. The number of halogens is 1. The fourth-order valence-corrected chi connectivity index (χ4v) is 2.69. The zero-order chi connectivity index (χ0) is 9.31. The van der Waals surface area contributed by atoms with Gasteiger partial charge < -0.3 is 5.32 Å². The van der Waals surface area contributed by atoms with Crippen molar-refractivity contribution < 1.29 is 4.39 Å². The second-order valence-corrected chi connectivity index (χ2v) is 4.70. The number of alkyl halides is 1. The Kier molecular flexibility index (Phi) is 2.39. The minimum atomic E-state index is -1.13. The lowest BCUT2D eigenvalue weighted by atomic mass is 9.85. The summed E-state index contributed by atoms with van der Waals surface area (Å²) in [5, 5.41) is 7.00. The predicted molar refractivity (Wildman–Crippen MR) is 53.8 cm³/mol. The van der Waals surface area contributed by atoms with Gasteiger partial charge in [0.2, 0.25) is 0 Å². The number of hydrogen-bond donors (Lipinski definition) is 1. The minimum absolute atomic E-state index is 0.429. The average molecular weight is 199 g/mol. The van der Waals surface area contributed by atoms with Gasteiger partial charge in [0.05, 0.1) is 0 Å². The van der Waals surface area contributed by atoms with E-state index in [0.717, 1.165) is 12.1 Å². The third-order valence-electron chi connectivity index (χ3n) is 2.61. The predicted octanol–water partition coefficient (Wildman–Crippen LogP) is 2.54. The van der Waals surface area contributed by atoms with Crippen molar-refractivity contribution in [2.75, 3.05) is 13.1 Å². The van der Waals surface area contributed by atoms with Crippen LogP contribution >= 0.6 is 11.3 Å². The molecule has 0 spiro atoms. The maximum absolute atomic E-state index is 14.3. The van der Waals surface area contributed by atoms with E-state index in [0.29, 0.717) is 18.9 Å². The quantitative estimate of drug-likeness (QED) is 0.733. The summed E-state index contributed by atoms with van der Waals surface area (Å²) < 4.78 is 14.3. The van der Waals surface area contributed by atoms with Crippen LogP contribution in [0.1, 0.15) is 18.9 Å². The lowest BCUT2D eigenvalue weighted by molar-refractivity contribution is 0.0948. The highest BCUT2D eigenvalue weighted by Gasteiger charge is 2.36. The fraction of sp³-hybridized carbons (Fsp3) is 0.600. The largest absolute Gasteiger partial charge is 0.313 e. The van der Waals surface area contributed by atoms with Crippen molar-refractivity contribution in [3.05, 3.63) is 22.4 Å². The van der Waals surface area contributed by atoms with Crippen LogP contribution in [0, 0.1) is 5.92 Å². The molecular weight excluding hydrogens is 185 g/mol. The van der Waals surface area contributed by atoms with E-state index >= 15 is 0 Å². The molecule has 2 atom stereocenters. The molecule has 0 radical (unpaired) electrons. The Morgan fingerprint density at radius 2 is 2.54 bits per heavy atom. The van der Waals surface area contributed by atoms with E-state index in [1.807, 2.05) is 16.8 Å². The molecule has 1 N–H and O–H groups in total. The van der Waals surface area contributed by atoms with Gasteiger partial charge in [-0.3, -0.25) is 0 Å². The lowest BCUT2D eigenvalue weighted by Gasteiger charge is -2.33. The molecule has 0 amide bonds. The van der Waals surface area contributed by atoms with Crippen molar-refractivity contribution in [3.8, 4) is 0 Å². The maximum atomic E-state index is 14.3. The molecule has 72 valence electrons. The van der Waals surface area contributed by atoms with Crippen LogP contribution in [0.25, 0.3) is 0 Å². The Bertz CT molecular complexity index is 272. The van der Waals surface area contributed by atoms with Crippen molar-refractivity contribution >= 4 is 11.3 Å². The van der Waals surface area contributed by atoms with E-state index in [2.05, 4.69) is 12.2 Å². The molecule has 1 nitrogen and oxygen atoms in total. The second kappa shape index (κ2) is 3.39. The molecule has 1 aliphatic rings. The molecule has 1 aromatic rings. The number of hydrogen-bond acceptors (Lipinski definition) is 2. The highest BCUT2D eigenvalue weighted by atomic mass is 32.1. The molecule has 2 unspecified atom stereocenters. The Labute approximate surface area is 82.0 Å². The molecule has 2 heterocycles. The summed E-state index contributed by atoms with van der Waals surface area (Å²) in [5.74, 6) is 0.429. The first kappa shape index (κ1) is 9.16. The molecule has 0 bridgehead atoms. The van der Waals surface area contributed by atoms with Crippen LogP contribution in [0.3, 0.4) is 0 Å². The summed E-state index contributed by atoms with van der Waals surface area (Å²) in [6.07, 6.45) is 0.650. The maximum Gasteiger partial charge on any atom is 0.149 e. The van der Waals surface area contributed by atoms with Crippen LogP contribution in [0.5, 0.6) is 0 Å². The van der Waals surface area contributed by atoms with E-state index in [1.165, 1.54) is 0 Å². The molecule has 13 heavy (non-hydrogen) atoms. The summed E-state index contributed by atoms with van der Waals surface area (Å²) in [6, 6.07) is 1.89. The molecule has 3 heteroatoms. The minimum Gasteiger partial charge on any atom is -0.313 e. The zero-order valence-electron chi connectivity index (χ0n) is 7.72. The van der Waals surface area contributed by atoms with Crippen LogP contribution in [0.4, 0.5) is 4.39 Å². The summed E-state index contributed by atoms with van der Waals surface area (Å²) in [7, 11) is 0. The lowest BCUT2D eigenvalue weighted by Crippen LogP contribution is -2.43. The molecular formula is C10H14FNS. The summed E-state index contributed by atoms with van der Waals surface area (Å²) in [4.78, 5) is 0. The molecule has 0 saturated carbocycles. The SMILES string of the molecule is CC1CNCC(F)(c2ccsc2)C1. The highest BCUT2D eigenvalue weighted by Crippen LogP contribution is 2.35. The van der Waals surface area contributed by atoms with Crippen LogP contribution in [-0.2, 0) is 5.67 Å². The number of nitrogens with one attached hydrogen (secondary N) is 1. The van der Waals surface area contributed by atoms with Gasteiger partial charge in [-0.25, -0.2) is 4.39 Å². The van der Waals surface area contributed by atoms with Gasteiger partial charge in [0, 0.05) is 12.1 Å². The summed E-state index contributed by atoms with van der Waals surface area (Å²) >= 11 is 1.57. The van der Waals surface area contributed by atoms with E-state index in [-0.39, 0.29) is 0 Å². The Balaban J connectivity index is 2.20. The second-order valence-electron chi connectivity index (χ2n) is 3.92. The first-order valence-corrected chi connectivity index (χ1v) is 5.57. The van der Waals surface area contributed by atoms with Gasteiger partial charge in [-0.15, -0.1) is 0 Å². The van der Waals surface area contributed by atoms with Gasteiger partial charge >= 0.3 is 0 Å². The van der Waals surface area contributed by atoms with Crippen molar-refractivity contribution in [1.29, 1.82) is 0 Å². The number of piperidine rings is 1. The Morgan fingerprint density at radius 1 is 1.69 bits per heavy atom. The van der Waals surface area contributed by atoms with Crippen molar-refractivity contribution in [3.63, 3.8) is 0 Å². The van der Waals surface area contributed by atoms with E-state index < -0.39 is 5.67 Å². The average Bonchev–Trinajstić information content (AvgIpc) is 2.55. The third kappa shape index (κ3) is 1.76. The Morgan fingerprint density at radius 3 is 3.15 bits per heavy atom. The number of rotatable bonds is 1. The fourth-order valence-electron chi connectivity index (χ4n) is 1.95. The first-order valence-electron chi connectivity index (χ1n) is 4.63. The molecule has 2 rings (SSSR count). The normalized spacial score (nSPS) is 34.8. The first-order chi connectivity index (χ1) is 6.21. The molecule has 1 fully saturated rings. The van der Waals surface area contributed by atoms with Crippen LogP contribution in [0.2, 0.25) is 0 Å². The van der Waals surface area contributed by atoms with Gasteiger partial charge in [-0.2, -0.15) is 11.3 Å². The smallest absolute Gasteiger partial charge is 0.149 e. The summed E-state index contributed by atoms with van der Waals surface area (Å²) in [5.41, 5.74) is -0.283. The van der Waals surface area contributed by atoms with Gasteiger partial charge in [0.25, 0.3) is 0 Å². The van der Waals surface area contributed by atoms with Crippen LogP contribution in [-0.4, -0.2) is 13.1 Å². The standard InChI is InChI=1S/C10H14FNS/c1-8-4-10(11,7-12-5-8)9-2-3-13-6-9/h2-3,6,8,12H,4-5,7H2,1H3. The van der Waals surface area contributed by atoms with Crippen molar-refractivity contribution in [1.82, 2.24) is 5.32 Å². The molecule has 1 aliphatic heterocycles. The molecule has 1 aromatic heterocycles. The molecule has 1 saturated heterocycles. The van der Waals surface area contributed by atoms with Crippen molar-refractivity contribution in [2.45, 2.75) is 19.0 Å². The monoisotopic (exact) mass is 199 g/mol. The summed E-state index contributed by atoms with van der Waals surface area (Å²) in [6.45, 7) is 3.50.